The lowest BCUT2D eigenvalue weighted by Crippen LogP contribution is -2.13. The summed E-state index contributed by atoms with van der Waals surface area (Å²) in [6.45, 7) is 8.84. The van der Waals surface area contributed by atoms with Crippen molar-refractivity contribution in [2.75, 3.05) is 5.73 Å². The molecule has 2 nitrogen and oxygen atoms in total. The number of aromatic nitrogens is 1. The SMILES string of the molecule is Cc1c(C(C)(C)C)ccc2c(N)nccc12. The highest BCUT2D eigenvalue weighted by Gasteiger charge is 2.17. The minimum Gasteiger partial charge on any atom is -0.383 e. The second kappa shape index (κ2) is 3.48. The predicted molar refractivity (Wildman–Crippen MR) is 69.6 cm³/mol. The zero-order valence-corrected chi connectivity index (χ0v) is 10.3. The third-order valence-corrected chi connectivity index (χ3v) is 3.05. The van der Waals surface area contributed by atoms with Crippen molar-refractivity contribution < 1.29 is 0 Å². The number of hydrogen-bond donors (Lipinski definition) is 1. The van der Waals surface area contributed by atoms with Gasteiger partial charge in [-0.1, -0.05) is 32.9 Å². The Bertz CT molecular complexity index is 536. The van der Waals surface area contributed by atoms with Crippen LogP contribution in [-0.4, -0.2) is 4.98 Å². The number of rotatable bonds is 0. The van der Waals surface area contributed by atoms with Crippen LogP contribution < -0.4 is 5.73 Å². The van der Waals surface area contributed by atoms with E-state index in [1.54, 1.807) is 6.20 Å². The van der Waals surface area contributed by atoms with Gasteiger partial charge in [-0.3, -0.25) is 0 Å². The first-order valence-corrected chi connectivity index (χ1v) is 5.55. The number of pyridine rings is 1. The molecule has 0 bridgehead atoms. The van der Waals surface area contributed by atoms with Gasteiger partial charge in [0.15, 0.2) is 0 Å². The quantitative estimate of drug-likeness (QED) is 0.729. The molecule has 1 aromatic carbocycles. The van der Waals surface area contributed by atoms with Crippen molar-refractivity contribution in [1.82, 2.24) is 4.98 Å². The van der Waals surface area contributed by atoms with Gasteiger partial charge < -0.3 is 5.73 Å². The van der Waals surface area contributed by atoms with Gasteiger partial charge in [0.2, 0.25) is 0 Å². The van der Waals surface area contributed by atoms with E-state index in [2.05, 4.69) is 44.8 Å². The molecule has 16 heavy (non-hydrogen) atoms. The monoisotopic (exact) mass is 214 g/mol. The first kappa shape index (κ1) is 10.9. The van der Waals surface area contributed by atoms with Crippen LogP contribution >= 0.6 is 0 Å². The van der Waals surface area contributed by atoms with Crippen LogP contribution in [-0.2, 0) is 5.41 Å². The molecule has 0 atom stereocenters. The van der Waals surface area contributed by atoms with Gasteiger partial charge in [0.1, 0.15) is 5.82 Å². The summed E-state index contributed by atoms with van der Waals surface area (Å²) in [7, 11) is 0. The second-order valence-corrected chi connectivity index (χ2v) is 5.28. The van der Waals surface area contributed by atoms with Crippen molar-refractivity contribution in [3.05, 3.63) is 35.5 Å². The standard InChI is InChI=1S/C14H18N2/c1-9-10-7-8-16-13(15)11(10)5-6-12(9)14(2,3)4/h5-8H,1-4H3,(H2,15,16). The second-order valence-electron chi connectivity index (χ2n) is 5.28. The predicted octanol–water partition coefficient (Wildman–Crippen LogP) is 3.42. The van der Waals surface area contributed by atoms with E-state index in [4.69, 9.17) is 5.73 Å². The van der Waals surface area contributed by atoms with E-state index in [-0.39, 0.29) is 5.41 Å². The molecule has 0 fully saturated rings. The molecular formula is C14H18N2. The molecule has 0 radical (unpaired) electrons. The number of nitrogens with zero attached hydrogens (tertiary/aromatic N) is 1. The van der Waals surface area contributed by atoms with Gasteiger partial charge >= 0.3 is 0 Å². The molecule has 0 aliphatic carbocycles. The van der Waals surface area contributed by atoms with Crippen LogP contribution in [0.2, 0.25) is 0 Å². The highest BCUT2D eigenvalue weighted by atomic mass is 14.8. The molecule has 84 valence electrons. The molecule has 0 amide bonds. The van der Waals surface area contributed by atoms with Crippen molar-refractivity contribution in [3.8, 4) is 0 Å². The maximum absolute atomic E-state index is 5.87. The Morgan fingerprint density at radius 3 is 2.38 bits per heavy atom. The Kier molecular flexibility index (Phi) is 2.38. The van der Waals surface area contributed by atoms with Gasteiger partial charge in [-0.05, 0) is 34.9 Å². The Morgan fingerprint density at radius 1 is 1.06 bits per heavy atom. The zero-order chi connectivity index (χ0) is 11.9. The van der Waals surface area contributed by atoms with E-state index in [1.165, 1.54) is 16.5 Å². The molecule has 1 heterocycles. The number of fused-ring (bicyclic) bond motifs is 1. The zero-order valence-electron chi connectivity index (χ0n) is 10.3. The summed E-state index contributed by atoms with van der Waals surface area (Å²) in [4.78, 5) is 4.12. The molecule has 1 aromatic heterocycles. The lowest BCUT2D eigenvalue weighted by molar-refractivity contribution is 0.587. The third kappa shape index (κ3) is 1.64. The molecule has 2 rings (SSSR count). The average molecular weight is 214 g/mol. The normalized spacial score (nSPS) is 12.0. The minimum atomic E-state index is 0.163. The number of aryl methyl sites for hydroxylation is 1. The fraction of sp³-hybridized carbons (Fsp3) is 0.357. The molecule has 2 N–H and O–H groups in total. The minimum absolute atomic E-state index is 0.163. The number of nitrogen functional groups attached to an aromatic ring is 1. The summed E-state index contributed by atoms with van der Waals surface area (Å²) < 4.78 is 0. The Labute approximate surface area is 96.5 Å². The Hall–Kier alpha value is -1.57. The number of nitrogens with two attached hydrogens (primary N) is 1. The van der Waals surface area contributed by atoms with Crippen molar-refractivity contribution in [3.63, 3.8) is 0 Å². The van der Waals surface area contributed by atoms with Crippen LogP contribution in [0.25, 0.3) is 10.8 Å². The summed E-state index contributed by atoms with van der Waals surface area (Å²) in [5, 5.41) is 2.26. The van der Waals surface area contributed by atoms with E-state index in [0.29, 0.717) is 5.82 Å². The van der Waals surface area contributed by atoms with E-state index in [0.717, 1.165) is 5.39 Å². The summed E-state index contributed by atoms with van der Waals surface area (Å²) in [5.41, 5.74) is 8.71. The third-order valence-electron chi connectivity index (χ3n) is 3.05. The number of anilines is 1. The molecule has 0 unspecified atom stereocenters. The maximum Gasteiger partial charge on any atom is 0.131 e. The number of hydrogen-bond acceptors (Lipinski definition) is 2. The molecule has 0 saturated carbocycles. The van der Waals surface area contributed by atoms with E-state index < -0.39 is 0 Å². The maximum atomic E-state index is 5.87. The molecule has 0 aliphatic rings. The van der Waals surface area contributed by atoms with Crippen LogP contribution in [0.3, 0.4) is 0 Å². The van der Waals surface area contributed by atoms with Crippen molar-refractivity contribution in [2.24, 2.45) is 0 Å². The van der Waals surface area contributed by atoms with Crippen LogP contribution in [0.5, 0.6) is 0 Å². The summed E-state index contributed by atoms with van der Waals surface area (Å²) in [5.74, 6) is 0.612. The van der Waals surface area contributed by atoms with Crippen LogP contribution in [0, 0.1) is 6.92 Å². The summed E-state index contributed by atoms with van der Waals surface area (Å²) in [6.07, 6.45) is 1.77. The van der Waals surface area contributed by atoms with Crippen LogP contribution in [0.4, 0.5) is 5.82 Å². The van der Waals surface area contributed by atoms with E-state index in [1.807, 2.05) is 6.07 Å². The van der Waals surface area contributed by atoms with Crippen LogP contribution in [0.1, 0.15) is 31.9 Å². The lowest BCUT2D eigenvalue weighted by Gasteiger charge is -2.22. The first-order valence-electron chi connectivity index (χ1n) is 5.55. The van der Waals surface area contributed by atoms with Crippen LogP contribution in [0.15, 0.2) is 24.4 Å². The topological polar surface area (TPSA) is 38.9 Å². The summed E-state index contributed by atoms with van der Waals surface area (Å²) >= 11 is 0. The molecule has 0 aliphatic heterocycles. The highest BCUT2D eigenvalue weighted by Crippen LogP contribution is 2.31. The highest BCUT2D eigenvalue weighted by molar-refractivity contribution is 5.93. The van der Waals surface area contributed by atoms with E-state index >= 15 is 0 Å². The van der Waals surface area contributed by atoms with Crippen molar-refractivity contribution in [2.45, 2.75) is 33.1 Å². The average Bonchev–Trinajstić information content (AvgIpc) is 2.18. The molecule has 2 heteroatoms. The first-order chi connectivity index (χ1) is 7.41. The van der Waals surface area contributed by atoms with Gasteiger partial charge in [-0.2, -0.15) is 0 Å². The van der Waals surface area contributed by atoms with Gasteiger partial charge in [-0.15, -0.1) is 0 Å². The molecule has 0 saturated heterocycles. The fourth-order valence-corrected chi connectivity index (χ4v) is 2.24. The van der Waals surface area contributed by atoms with Crippen molar-refractivity contribution in [1.29, 1.82) is 0 Å². The van der Waals surface area contributed by atoms with Gasteiger partial charge in [0, 0.05) is 11.6 Å². The molecular weight excluding hydrogens is 196 g/mol. The summed E-state index contributed by atoms with van der Waals surface area (Å²) in [6, 6.07) is 6.28. The Morgan fingerprint density at radius 2 is 1.75 bits per heavy atom. The van der Waals surface area contributed by atoms with Gasteiger partial charge in [-0.25, -0.2) is 4.98 Å². The smallest absolute Gasteiger partial charge is 0.131 e. The largest absolute Gasteiger partial charge is 0.383 e. The number of benzene rings is 1. The fourth-order valence-electron chi connectivity index (χ4n) is 2.24. The molecule has 2 aromatic rings. The van der Waals surface area contributed by atoms with Gasteiger partial charge in [0.05, 0.1) is 0 Å². The molecule has 0 spiro atoms. The van der Waals surface area contributed by atoms with Crippen molar-refractivity contribution >= 4 is 16.6 Å². The lowest BCUT2D eigenvalue weighted by atomic mass is 9.82. The van der Waals surface area contributed by atoms with Gasteiger partial charge in [0.25, 0.3) is 0 Å². The Balaban J connectivity index is 2.81. The van der Waals surface area contributed by atoms with E-state index in [9.17, 15) is 0 Å².